The van der Waals surface area contributed by atoms with Crippen molar-refractivity contribution in [3.05, 3.63) is 77.5 Å². The highest BCUT2D eigenvalue weighted by atomic mass is 35.5. The van der Waals surface area contributed by atoms with Gasteiger partial charge in [-0.05, 0) is 57.2 Å². The average Bonchev–Trinajstić information content (AvgIpc) is 3.10. The van der Waals surface area contributed by atoms with Crippen LogP contribution in [0.5, 0.6) is 0 Å². The summed E-state index contributed by atoms with van der Waals surface area (Å²) in [6, 6.07) is 12.1. The molecule has 0 fully saturated rings. The maximum absolute atomic E-state index is 6.05. The second-order valence-corrected chi connectivity index (χ2v) is 7.34. The van der Waals surface area contributed by atoms with Crippen LogP contribution in [0.1, 0.15) is 32.4 Å². The van der Waals surface area contributed by atoms with E-state index in [2.05, 4.69) is 66.7 Å². The number of allylic oxidation sites excluding steroid dienone is 1. The SMILES string of the molecule is CC1=CC(c2cn3cccc3cn2)C(C)(C)N1c1ccc(Cl)cc1. The Morgan fingerprint density at radius 3 is 2.62 bits per heavy atom. The molecule has 3 nitrogen and oxygen atoms in total. The van der Waals surface area contributed by atoms with Crippen molar-refractivity contribution >= 4 is 22.8 Å². The van der Waals surface area contributed by atoms with Crippen LogP contribution in [0, 0.1) is 0 Å². The van der Waals surface area contributed by atoms with Crippen LogP contribution >= 0.6 is 11.6 Å². The standard InChI is InChI=1S/C20H20ClN3/c1-14-11-18(19-13-23-10-4-5-17(23)12-22-19)20(2,3)24(14)16-8-6-15(21)7-9-16/h4-13,18H,1-3H3. The molecule has 3 heterocycles. The van der Waals surface area contributed by atoms with Crippen molar-refractivity contribution in [1.29, 1.82) is 0 Å². The maximum atomic E-state index is 6.05. The molecule has 0 saturated heterocycles. The molecule has 122 valence electrons. The molecule has 0 amide bonds. The van der Waals surface area contributed by atoms with E-state index in [9.17, 15) is 0 Å². The monoisotopic (exact) mass is 337 g/mol. The van der Waals surface area contributed by atoms with Crippen LogP contribution in [0.15, 0.2) is 66.8 Å². The lowest BCUT2D eigenvalue weighted by atomic mass is 9.86. The fourth-order valence-corrected chi connectivity index (χ4v) is 3.92. The highest BCUT2D eigenvalue weighted by Gasteiger charge is 2.42. The lowest BCUT2D eigenvalue weighted by molar-refractivity contribution is 0.466. The van der Waals surface area contributed by atoms with Crippen molar-refractivity contribution in [2.45, 2.75) is 32.2 Å². The van der Waals surface area contributed by atoms with E-state index in [-0.39, 0.29) is 11.5 Å². The van der Waals surface area contributed by atoms with Gasteiger partial charge in [-0.1, -0.05) is 17.7 Å². The zero-order chi connectivity index (χ0) is 16.9. The average molecular weight is 338 g/mol. The van der Waals surface area contributed by atoms with Crippen LogP contribution in [0.4, 0.5) is 5.69 Å². The Labute approximate surface area is 147 Å². The number of anilines is 1. The summed E-state index contributed by atoms with van der Waals surface area (Å²) in [5.41, 5.74) is 4.49. The second kappa shape index (κ2) is 5.38. The van der Waals surface area contributed by atoms with E-state index in [1.807, 2.05) is 24.4 Å². The molecule has 1 atom stereocenters. The Morgan fingerprint density at radius 1 is 1.12 bits per heavy atom. The van der Waals surface area contributed by atoms with E-state index >= 15 is 0 Å². The van der Waals surface area contributed by atoms with Gasteiger partial charge in [0.05, 0.1) is 22.9 Å². The minimum absolute atomic E-state index is 0.105. The van der Waals surface area contributed by atoms with Crippen molar-refractivity contribution in [3.8, 4) is 0 Å². The molecule has 4 heteroatoms. The Bertz CT molecular complexity index is 921. The summed E-state index contributed by atoms with van der Waals surface area (Å²) in [4.78, 5) is 7.09. The number of hydrogen-bond acceptors (Lipinski definition) is 2. The normalized spacial score (nSPS) is 19.8. The Kier molecular flexibility index (Phi) is 3.43. The minimum Gasteiger partial charge on any atom is -0.339 e. The summed E-state index contributed by atoms with van der Waals surface area (Å²) in [5, 5.41) is 0.758. The van der Waals surface area contributed by atoms with Gasteiger partial charge in [0.2, 0.25) is 0 Å². The maximum Gasteiger partial charge on any atom is 0.0662 e. The minimum atomic E-state index is -0.105. The number of nitrogens with zero attached hydrogens (tertiary/aromatic N) is 3. The van der Waals surface area contributed by atoms with Crippen LogP contribution in [0.3, 0.4) is 0 Å². The summed E-state index contributed by atoms with van der Waals surface area (Å²) in [6.45, 7) is 6.69. The van der Waals surface area contributed by atoms with Gasteiger partial charge < -0.3 is 9.30 Å². The fourth-order valence-electron chi connectivity index (χ4n) is 3.80. The molecular formula is C20H20ClN3. The largest absolute Gasteiger partial charge is 0.339 e. The van der Waals surface area contributed by atoms with Crippen molar-refractivity contribution in [1.82, 2.24) is 9.38 Å². The van der Waals surface area contributed by atoms with Crippen LogP contribution in [0.2, 0.25) is 5.02 Å². The second-order valence-electron chi connectivity index (χ2n) is 6.90. The van der Waals surface area contributed by atoms with Crippen molar-refractivity contribution in [2.75, 3.05) is 4.90 Å². The zero-order valence-corrected chi connectivity index (χ0v) is 14.8. The van der Waals surface area contributed by atoms with E-state index in [1.165, 1.54) is 5.70 Å². The molecule has 1 aliphatic rings. The Hall–Kier alpha value is -2.26. The van der Waals surface area contributed by atoms with Gasteiger partial charge in [-0.25, -0.2) is 0 Å². The van der Waals surface area contributed by atoms with E-state index in [0.717, 1.165) is 21.9 Å². The van der Waals surface area contributed by atoms with Crippen LogP contribution in [-0.4, -0.2) is 14.9 Å². The number of hydrogen-bond donors (Lipinski definition) is 0. The molecule has 2 aromatic heterocycles. The number of benzene rings is 1. The Balaban J connectivity index is 1.76. The number of fused-ring (bicyclic) bond motifs is 1. The van der Waals surface area contributed by atoms with Gasteiger partial charge in [0.1, 0.15) is 0 Å². The molecule has 0 saturated carbocycles. The first-order valence-electron chi connectivity index (χ1n) is 8.14. The van der Waals surface area contributed by atoms with E-state index in [4.69, 9.17) is 16.6 Å². The third-order valence-electron chi connectivity index (χ3n) is 4.93. The third-order valence-corrected chi connectivity index (χ3v) is 5.18. The smallest absolute Gasteiger partial charge is 0.0662 e. The molecular weight excluding hydrogens is 318 g/mol. The predicted molar refractivity (Wildman–Crippen MR) is 99.7 cm³/mol. The van der Waals surface area contributed by atoms with Gasteiger partial charge in [-0.15, -0.1) is 0 Å². The quantitative estimate of drug-likeness (QED) is 0.634. The molecule has 0 bridgehead atoms. The molecule has 1 aliphatic heterocycles. The first kappa shape index (κ1) is 15.3. The van der Waals surface area contributed by atoms with Crippen LogP contribution in [-0.2, 0) is 0 Å². The molecule has 24 heavy (non-hydrogen) atoms. The van der Waals surface area contributed by atoms with E-state index < -0.39 is 0 Å². The fraction of sp³-hybridized carbons (Fsp3) is 0.250. The molecule has 0 aliphatic carbocycles. The lowest BCUT2D eigenvalue weighted by Crippen LogP contribution is -2.42. The van der Waals surface area contributed by atoms with Gasteiger partial charge >= 0.3 is 0 Å². The van der Waals surface area contributed by atoms with E-state index in [0.29, 0.717) is 0 Å². The highest BCUT2D eigenvalue weighted by Crippen LogP contribution is 2.45. The van der Waals surface area contributed by atoms with E-state index in [1.54, 1.807) is 0 Å². The third kappa shape index (κ3) is 2.31. The number of rotatable bonds is 2. The van der Waals surface area contributed by atoms with Crippen LogP contribution < -0.4 is 4.90 Å². The molecule has 0 spiro atoms. The first-order chi connectivity index (χ1) is 11.5. The topological polar surface area (TPSA) is 20.5 Å². The predicted octanol–water partition coefficient (Wildman–Crippen LogP) is 5.27. The summed E-state index contributed by atoms with van der Waals surface area (Å²) in [6.07, 6.45) is 8.46. The first-order valence-corrected chi connectivity index (χ1v) is 8.51. The molecule has 0 N–H and O–H groups in total. The number of halogens is 1. The summed E-state index contributed by atoms with van der Waals surface area (Å²) < 4.78 is 2.13. The van der Waals surface area contributed by atoms with Gasteiger partial charge in [-0.3, -0.25) is 4.98 Å². The number of aromatic nitrogens is 2. The van der Waals surface area contributed by atoms with Crippen LogP contribution in [0.25, 0.3) is 5.52 Å². The lowest BCUT2D eigenvalue weighted by Gasteiger charge is -2.39. The highest BCUT2D eigenvalue weighted by molar-refractivity contribution is 6.30. The molecule has 4 rings (SSSR count). The molecule has 1 unspecified atom stereocenters. The van der Waals surface area contributed by atoms with Gasteiger partial charge in [0.25, 0.3) is 0 Å². The Morgan fingerprint density at radius 2 is 1.88 bits per heavy atom. The van der Waals surface area contributed by atoms with Crippen molar-refractivity contribution in [2.24, 2.45) is 0 Å². The summed E-state index contributed by atoms with van der Waals surface area (Å²) in [5.74, 6) is 0.222. The van der Waals surface area contributed by atoms with Crippen molar-refractivity contribution in [3.63, 3.8) is 0 Å². The molecule has 0 radical (unpaired) electrons. The zero-order valence-electron chi connectivity index (χ0n) is 14.1. The molecule has 3 aromatic rings. The summed E-state index contributed by atoms with van der Waals surface area (Å²) in [7, 11) is 0. The molecule has 1 aromatic carbocycles. The van der Waals surface area contributed by atoms with Gasteiger partial charge in [-0.2, -0.15) is 0 Å². The summed E-state index contributed by atoms with van der Waals surface area (Å²) >= 11 is 6.05. The van der Waals surface area contributed by atoms with Gasteiger partial charge in [0.15, 0.2) is 0 Å². The van der Waals surface area contributed by atoms with Crippen molar-refractivity contribution < 1.29 is 0 Å². The van der Waals surface area contributed by atoms with Gasteiger partial charge in [0, 0.05) is 34.7 Å².